The fourth-order valence-corrected chi connectivity index (χ4v) is 3.85. The number of rotatable bonds is 4. The monoisotopic (exact) mass is 288 g/mol. The Labute approximate surface area is 113 Å². The highest BCUT2D eigenvalue weighted by Gasteiger charge is 2.26. The lowest BCUT2D eigenvalue weighted by Gasteiger charge is -2.21. The van der Waals surface area contributed by atoms with Gasteiger partial charge in [-0.1, -0.05) is 23.7 Å². The summed E-state index contributed by atoms with van der Waals surface area (Å²) in [5.74, 6) is 0. The molecule has 1 N–H and O–H groups in total. The van der Waals surface area contributed by atoms with Gasteiger partial charge >= 0.3 is 0 Å². The highest BCUT2D eigenvalue weighted by Crippen LogP contribution is 2.23. The number of nitrogens with one attached hydrogen (secondary N) is 1. The first kappa shape index (κ1) is 13.8. The highest BCUT2D eigenvalue weighted by atomic mass is 35.5. The van der Waals surface area contributed by atoms with Crippen LogP contribution in [0.4, 0.5) is 0 Å². The summed E-state index contributed by atoms with van der Waals surface area (Å²) in [7, 11) is -1.90. The number of hydrogen-bond donors (Lipinski definition) is 1. The van der Waals surface area contributed by atoms with Gasteiger partial charge in [-0.05, 0) is 31.5 Å². The number of sulfonamides is 1. The molecule has 4 nitrogen and oxygen atoms in total. The van der Waals surface area contributed by atoms with Gasteiger partial charge in [-0.2, -0.15) is 4.31 Å². The maximum Gasteiger partial charge on any atom is 0.244 e. The summed E-state index contributed by atoms with van der Waals surface area (Å²) in [5, 5.41) is 3.55. The molecule has 1 aliphatic heterocycles. The van der Waals surface area contributed by atoms with Crippen LogP contribution in [-0.4, -0.2) is 38.9 Å². The summed E-state index contributed by atoms with van der Waals surface area (Å²) in [6.45, 7) is 1.44. The Morgan fingerprint density at radius 3 is 2.78 bits per heavy atom. The first-order valence-electron chi connectivity index (χ1n) is 5.96. The van der Waals surface area contributed by atoms with Crippen molar-refractivity contribution in [1.29, 1.82) is 0 Å². The van der Waals surface area contributed by atoms with E-state index in [1.54, 1.807) is 25.2 Å². The van der Waals surface area contributed by atoms with Crippen molar-refractivity contribution in [2.45, 2.75) is 23.8 Å². The van der Waals surface area contributed by atoms with Crippen molar-refractivity contribution in [2.24, 2.45) is 0 Å². The molecule has 1 atom stereocenters. The SMILES string of the molecule is CN(CC1CCCN1)S(=O)(=O)c1ccccc1Cl. The second-order valence-electron chi connectivity index (χ2n) is 4.51. The normalized spacial score (nSPS) is 20.5. The zero-order chi connectivity index (χ0) is 13.2. The van der Waals surface area contributed by atoms with Gasteiger partial charge in [0.1, 0.15) is 4.90 Å². The van der Waals surface area contributed by atoms with Crippen molar-refractivity contribution in [2.75, 3.05) is 20.1 Å². The molecule has 1 aliphatic rings. The van der Waals surface area contributed by atoms with Crippen LogP contribution in [0.3, 0.4) is 0 Å². The molecule has 1 unspecified atom stereocenters. The van der Waals surface area contributed by atoms with E-state index in [4.69, 9.17) is 11.6 Å². The third kappa shape index (κ3) is 2.85. The second kappa shape index (κ2) is 5.57. The van der Waals surface area contributed by atoms with Gasteiger partial charge in [-0.3, -0.25) is 0 Å². The van der Waals surface area contributed by atoms with Gasteiger partial charge < -0.3 is 5.32 Å². The number of halogens is 1. The molecule has 100 valence electrons. The van der Waals surface area contributed by atoms with Crippen molar-refractivity contribution >= 4 is 21.6 Å². The van der Waals surface area contributed by atoms with Gasteiger partial charge in [-0.25, -0.2) is 8.42 Å². The summed E-state index contributed by atoms with van der Waals surface area (Å²) < 4.78 is 26.1. The Balaban J connectivity index is 2.17. The van der Waals surface area contributed by atoms with E-state index in [1.165, 1.54) is 10.4 Å². The third-order valence-electron chi connectivity index (χ3n) is 3.16. The maximum atomic E-state index is 12.4. The summed E-state index contributed by atoms with van der Waals surface area (Å²) in [5.41, 5.74) is 0. The summed E-state index contributed by atoms with van der Waals surface area (Å²) in [6.07, 6.45) is 2.12. The first-order chi connectivity index (χ1) is 8.51. The van der Waals surface area contributed by atoms with E-state index >= 15 is 0 Å². The summed E-state index contributed by atoms with van der Waals surface area (Å²) >= 11 is 5.95. The van der Waals surface area contributed by atoms with Crippen LogP contribution < -0.4 is 5.32 Å². The smallest absolute Gasteiger partial charge is 0.244 e. The highest BCUT2D eigenvalue weighted by molar-refractivity contribution is 7.89. The molecular formula is C12H17ClN2O2S. The molecule has 0 aromatic heterocycles. The van der Waals surface area contributed by atoms with Crippen LogP contribution in [-0.2, 0) is 10.0 Å². The minimum absolute atomic E-state index is 0.173. The van der Waals surface area contributed by atoms with Crippen LogP contribution in [0, 0.1) is 0 Å². The standard InChI is InChI=1S/C12H17ClN2O2S/c1-15(9-10-5-4-8-14-10)18(16,17)12-7-3-2-6-11(12)13/h2-3,6-7,10,14H,4-5,8-9H2,1H3. The van der Waals surface area contributed by atoms with Gasteiger partial charge in [0.25, 0.3) is 0 Å². The van der Waals surface area contributed by atoms with Crippen molar-refractivity contribution < 1.29 is 8.42 Å². The van der Waals surface area contributed by atoms with Crippen molar-refractivity contribution in [3.05, 3.63) is 29.3 Å². The molecule has 0 amide bonds. The molecule has 1 aromatic rings. The molecule has 18 heavy (non-hydrogen) atoms. The molecule has 1 fully saturated rings. The van der Waals surface area contributed by atoms with E-state index in [0.29, 0.717) is 6.54 Å². The van der Waals surface area contributed by atoms with E-state index in [9.17, 15) is 8.42 Å². The Bertz CT molecular complexity index is 513. The van der Waals surface area contributed by atoms with Crippen molar-refractivity contribution in [3.63, 3.8) is 0 Å². The lowest BCUT2D eigenvalue weighted by atomic mass is 10.2. The maximum absolute atomic E-state index is 12.4. The van der Waals surface area contributed by atoms with E-state index < -0.39 is 10.0 Å². The molecule has 1 heterocycles. The number of likely N-dealkylation sites (N-methyl/N-ethyl adjacent to an activating group) is 1. The average molecular weight is 289 g/mol. The fourth-order valence-electron chi connectivity index (χ4n) is 2.14. The molecule has 0 saturated carbocycles. The number of benzene rings is 1. The van der Waals surface area contributed by atoms with E-state index in [1.807, 2.05) is 0 Å². The van der Waals surface area contributed by atoms with Gasteiger partial charge in [-0.15, -0.1) is 0 Å². The molecule has 0 aliphatic carbocycles. The quantitative estimate of drug-likeness (QED) is 0.918. The Hall–Kier alpha value is -0.620. The van der Waals surface area contributed by atoms with Crippen LogP contribution >= 0.6 is 11.6 Å². The Morgan fingerprint density at radius 2 is 2.17 bits per heavy atom. The van der Waals surface area contributed by atoms with Crippen LogP contribution in [0.2, 0.25) is 5.02 Å². The fraction of sp³-hybridized carbons (Fsp3) is 0.500. The van der Waals surface area contributed by atoms with Crippen molar-refractivity contribution in [3.8, 4) is 0 Å². The molecule has 1 aromatic carbocycles. The molecule has 0 spiro atoms. The predicted molar refractivity (Wildman–Crippen MR) is 72.3 cm³/mol. The predicted octanol–water partition coefficient (Wildman–Crippen LogP) is 1.71. The zero-order valence-corrected chi connectivity index (χ0v) is 11.8. The average Bonchev–Trinajstić information content (AvgIpc) is 2.82. The molecule has 0 bridgehead atoms. The number of nitrogens with zero attached hydrogens (tertiary/aromatic N) is 1. The van der Waals surface area contributed by atoms with Gasteiger partial charge in [0, 0.05) is 19.6 Å². The minimum Gasteiger partial charge on any atom is -0.313 e. The van der Waals surface area contributed by atoms with Crippen LogP contribution in [0.15, 0.2) is 29.2 Å². The van der Waals surface area contributed by atoms with Gasteiger partial charge in [0.15, 0.2) is 0 Å². The van der Waals surface area contributed by atoms with E-state index in [0.717, 1.165) is 19.4 Å². The lowest BCUT2D eigenvalue weighted by Crippen LogP contribution is -2.38. The van der Waals surface area contributed by atoms with E-state index in [2.05, 4.69) is 5.32 Å². The third-order valence-corrected chi connectivity index (χ3v) is 5.49. The lowest BCUT2D eigenvalue weighted by molar-refractivity contribution is 0.417. The van der Waals surface area contributed by atoms with Crippen molar-refractivity contribution in [1.82, 2.24) is 9.62 Å². The topological polar surface area (TPSA) is 49.4 Å². The number of hydrogen-bond acceptors (Lipinski definition) is 3. The molecule has 0 radical (unpaired) electrons. The van der Waals surface area contributed by atoms with Crippen LogP contribution in [0.25, 0.3) is 0 Å². The molecule has 1 saturated heterocycles. The van der Waals surface area contributed by atoms with Gasteiger partial charge in [0.2, 0.25) is 10.0 Å². The molecule has 6 heteroatoms. The largest absolute Gasteiger partial charge is 0.313 e. The Kier molecular flexibility index (Phi) is 4.27. The second-order valence-corrected chi connectivity index (χ2v) is 6.93. The van der Waals surface area contributed by atoms with Crippen LogP contribution in [0.5, 0.6) is 0 Å². The molecule has 2 rings (SSSR count). The molecular weight excluding hydrogens is 272 g/mol. The Morgan fingerprint density at radius 1 is 1.44 bits per heavy atom. The van der Waals surface area contributed by atoms with Crippen LogP contribution in [0.1, 0.15) is 12.8 Å². The summed E-state index contributed by atoms with van der Waals surface area (Å²) in [6, 6.07) is 6.78. The first-order valence-corrected chi connectivity index (χ1v) is 7.78. The van der Waals surface area contributed by atoms with E-state index in [-0.39, 0.29) is 16.0 Å². The minimum atomic E-state index is -3.50. The van der Waals surface area contributed by atoms with Gasteiger partial charge in [0.05, 0.1) is 5.02 Å². The zero-order valence-electron chi connectivity index (χ0n) is 10.3. The summed E-state index contributed by atoms with van der Waals surface area (Å²) in [4.78, 5) is 0.173.